The molecule has 0 bridgehead atoms. The third-order valence-electron chi connectivity index (χ3n) is 4.41. The molecule has 1 aliphatic rings. The second-order valence-corrected chi connectivity index (χ2v) is 6.87. The Balaban J connectivity index is 2.01. The lowest BCUT2D eigenvalue weighted by Gasteiger charge is -2.34. The van der Waals surface area contributed by atoms with Crippen molar-refractivity contribution in [3.8, 4) is 0 Å². The van der Waals surface area contributed by atoms with E-state index in [9.17, 15) is 14.4 Å². The minimum atomic E-state index is -0.465. The Morgan fingerprint density at radius 1 is 1.08 bits per heavy atom. The van der Waals surface area contributed by atoms with Gasteiger partial charge in [-0.25, -0.2) is 9.59 Å². The third-order valence-corrected chi connectivity index (χ3v) is 4.41. The van der Waals surface area contributed by atoms with E-state index in [1.807, 2.05) is 13.8 Å². The van der Waals surface area contributed by atoms with Gasteiger partial charge in [-0.2, -0.15) is 0 Å². The predicted octanol–water partition coefficient (Wildman–Crippen LogP) is 1.97. The van der Waals surface area contributed by atoms with Gasteiger partial charge in [0.2, 0.25) is 0 Å². The molecule has 26 heavy (non-hydrogen) atoms. The van der Waals surface area contributed by atoms with Crippen LogP contribution >= 0.6 is 0 Å². The topological polar surface area (TPSA) is 91.9 Å². The first-order valence-corrected chi connectivity index (χ1v) is 8.74. The first kappa shape index (κ1) is 19.8. The lowest BCUT2D eigenvalue weighted by atomic mass is 10.1. The number of rotatable bonds is 4. The molecule has 1 N–H and O–H groups in total. The predicted molar refractivity (Wildman–Crippen MR) is 95.3 cm³/mol. The zero-order valence-electron chi connectivity index (χ0n) is 16.0. The molecule has 144 valence electrons. The number of methoxy groups -OCH3 is 1. The molecule has 0 spiro atoms. The Bertz CT molecular complexity index is 687. The summed E-state index contributed by atoms with van der Waals surface area (Å²) >= 11 is 0. The highest BCUT2D eigenvalue weighted by molar-refractivity contribution is 6.00. The van der Waals surface area contributed by atoms with Crippen LogP contribution in [0.3, 0.4) is 0 Å². The molecule has 2 rings (SSSR count). The molecule has 2 amide bonds. The molecule has 0 atom stereocenters. The van der Waals surface area contributed by atoms with Crippen LogP contribution in [-0.4, -0.2) is 72.6 Å². The number of esters is 1. The fourth-order valence-electron chi connectivity index (χ4n) is 2.95. The van der Waals surface area contributed by atoms with Gasteiger partial charge >= 0.3 is 12.1 Å². The van der Waals surface area contributed by atoms with Crippen LogP contribution in [0.4, 0.5) is 4.79 Å². The van der Waals surface area contributed by atoms with Crippen molar-refractivity contribution < 1.29 is 23.9 Å². The van der Waals surface area contributed by atoms with E-state index in [0.29, 0.717) is 55.3 Å². The van der Waals surface area contributed by atoms with Crippen LogP contribution in [0.25, 0.3) is 0 Å². The van der Waals surface area contributed by atoms with Gasteiger partial charge in [-0.3, -0.25) is 4.79 Å². The van der Waals surface area contributed by atoms with Gasteiger partial charge < -0.3 is 24.3 Å². The molecule has 1 saturated heterocycles. The van der Waals surface area contributed by atoms with Gasteiger partial charge in [0.15, 0.2) is 0 Å². The summed E-state index contributed by atoms with van der Waals surface area (Å²) in [7, 11) is 1.31. The fourth-order valence-corrected chi connectivity index (χ4v) is 2.95. The SMILES string of the molecule is COC(=O)c1c(C)[nH]c(C(=O)N2CCN(C(=O)OCC(C)C)CC2)c1C. The van der Waals surface area contributed by atoms with E-state index >= 15 is 0 Å². The van der Waals surface area contributed by atoms with E-state index in [4.69, 9.17) is 9.47 Å². The molecule has 1 fully saturated rings. The van der Waals surface area contributed by atoms with Crippen LogP contribution < -0.4 is 0 Å². The summed E-state index contributed by atoms with van der Waals surface area (Å²) in [5.74, 6) is -0.367. The van der Waals surface area contributed by atoms with Crippen molar-refractivity contribution in [1.82, 2.24) is 14.8 Å². The quantitative estimate of drug-likeness (QED) is 0.824. The number of nitrogens with zero attached hydrogens (tertiary/aromatic N) is 2. The fraction of sp³-hybridized carbons (Fsp3) is 0.611. The number of piperazine rings is 1. The van der Waals surface area contributed by atoms with Crippen molar-refractivity contribution in [2.75, 3.05) is 39.9 Å². The van der Waals surface area contributed by atoms with Gasteiger partial charge in [0.1, 0.15) is 5.69 Å². The van der Waals surface area contributed by atoms with Crippen molar-refractivity contribution >= 4 is 18.0 Å². The molecular weight excluding hydrogens is 338 g/mol. The molecule has 1 aliphatic heterocycles. The number of H-pyrrole nitrogens is 1. The Morgan fingerprint density at radius 3 is 2.19 bits per heavy atom. The number of aromatic nitrogens is 1. The molecule has 2 heterocycles. The Morgan fingerprint density at radius 2 is 1.65 bits per heavy atom. The average molecular weight is 365 g/mol. The maximum atomic E-state index is 12.8. The monoisotopic (exact) mass is 365 g/mol. The summed E-state index contributed by atoms with van der Waals surface area (Å²) in [4.78, 5) is 42.9. The number of aryl methyl sites for hydroxylation is 1. The Kier molecular flexibility index (Phi) is 6.28. The number of carbonyl (C=O) groups is 3. The van der Waals surface area contributed by atoms with Gasteiger partial charge in [-0.1, -0.05) is 13.8 Å². The maximum Gasteiger partial charge on any atom is 0.409 e. The van der Waals surface area contributed by atoms with Gasteiger partial charge in [0.05, 0.1) is 19.3 Å². The van der Waals surface area contributed by atoms with Gasteiger partial charge in [-0.15, -0.1) is 0 Å². The van der Waals surface area contributed by atoms with Crippen molar-refractivity contribution in [3.05, 3.63) is 22.5 Å². The molecule has 1 aromatic rings. The standard InChI is InChI=1S/C18H27N3O5/c1-11(2)10-26-18(24)21-8-6-20(7-9-21)16(22)15-12(3)14(13(4)19-15)17(23)25-5/h11,19H,6-10H2,1-5H3. The van der Waals surface area contributed by atoms with Crippen LogP contribution in [-0.2, 0) is 9.47 Å². The van der Waals surface area contributed by atoms with E-state index in [1.54, 1.807) is 23.6 Å². The van der Waals surface area contributed by atoms with E-state index in [1.165, 1.54) is 7.11 Å². The molecule has 0 aliphatic carbocycles. The lowest BCUT2D eigenvalue weighted by Crippen LogP contribution is -2.51. The highest BCUT2D eigenvalue weighted by Gasteiger charge is 2.29. The minimum absolute atomic E-state index is 0.184. The largest absolute Gasteiger partial charge is 0.465 e. The Hall–Kier alpha value is -2.51. The zero-order chi connectivity index (χ0) is 19.4. The number of ether oxygens (including phenoxy) is 2. The van der Waals surface area contributed by atoms with Gasteiger partial charge in [0.25, 0.3) is 5.91 Å². The number of nitrogens with one attached hydrogen (secondary N) is 1. The maximum absolute atomic E-state index is 12.8. The van der Waals surface area contributed by atoms with E-state index in [-0.39, 0.29) is 17.9 Å². The van der Waals surface area contributed by atoms with Crippen LogP contribution in [0, 0.1) is 19.8 Å². The van der Waals surface area contributed by atoms with E-state index < -0.39 is 5.97 Å². The summed E-state index contributed by atoms with van der Waals surface area (Å²) in [5, 5.41) is 0. The highest BCUT2D eigenvalue weighted by Crippen LogP contribution is 2.21. The number of aromatic amines is 1. The van der Waals surface area contributed by atoms with Crippen molar-refractivity contribution in [2.45, 2.75) is 27.7 Å². The zero-order valence-corrected chi connectivity index (χ0v) is 16.0. The van der Waals surface area contributed by atoms with Crippen molar-refractivity contribution in [3.63, 3.8) is 0 Å². The number of amides is 2. The molecule has 0 radical (unpaired) electrons. The molecule has 8 nitrogen and oxygen atoms in total. The Labute approximate surface area is 153 Å². The molecular formula is C18H27N3O5. The average Bonchev–Trinajstić information content (AvgIpc) is 2.92. The first-order valence-electron chi connectivity index (χ1n) is 8.74. The van der Waals surface area contributed by atoms with Crippen molar-refractivity contribution in [1.29, 1.82) is 0 Å². The summed E-state index contributed by atoms with van der Waals surface area (Å²) < 4.78 is 10.0. The summed E-state index contributed by atoms with van der Waals surface area (Å²) in [6.07, 6.45) is -0.342. The summed E-state index contributed by atoms with van der Waals surface area (Å²) in [6, 6.07) is 0. The normalized spacial score (nSPS) is 14.5. The van der Waals surface area contributed by atoms with Crippen LogP contribution in [0.2, 0.25) is 0 Å². The summed E-state index contributed by atoms with van der Waals surface area (Å²) in [5.41, 5.74) is 1.97. The van der Waals surface area contributed by atoms with E-state index in [0.717, 1.165) is 0 Å². The van der Waals surface area contributed by atoms with Crippen LogP contribution in [0.15, 0.2) is 0 Å². The lowest BCUT2D eigenvalue weighted by molar-refractivity contribution is 0.0531. The molecule has 8 heteroatoms. The first-order chi connectivity index (χ1) is 12.3. The number of hydrogen-bond acceptors (Lipinski definition) is 5. The smallest absolute Gasteiger partial charge is 0.409 e. The molecule has 1 aromatic heterocycles. The van der Waals surface area contributed by atoms with E-state index in [2.05, 4.69) is 4.98 Å². The van der Waals surface area contributed by atoms with Crippen LogP contribution in [0.5, 0.6) is 0 Å². The molecule has 0 aromatic carbocycles. The second kappa shape index (κ2) is 8.25. The molecule has 0 saturated carbocycles. The van der Waals surface area contributed by atoms with Gasteiger partial charge in [-0.05, 0) is 25.3 Å². The summed E-state index contributed by atoms with van der Waals surface area (Å²) in [6.45, 7) is 9.48. The second-order valence-electron chi connectivity index (χ2n) is 6.87. The third kappa shape index (κ3) is 4.17. The number of hydrogen-bond donors (Lipinski definition) is 1. The van der Waals surface area contributed by atoms with Gasteiger partial charge in [0, 0.05) is 31.9 Å². The molecule has 0 unspecified atom stereocenters. The minimum Gasteiger partial charge on any atom is -0.465 e. The van der Waals surface area contributed by atoms with Crippen LogP contribution in [0.1, 0.15) is 46.0 Å². The highest BCUT2D eigenvalue weighted by atomic mass is 16.6. The number of carbonyl (C=O) groups excluding carboxylic acids is 3. The van der Waals surface area contributed by atoms with Crippen molar-refractivity contribution in [2.24, 2.45) is 5.92 Å².